The van der Waals surface area contributed by atoms with Crippen LogP contribution in [0.25, 0.3) is 11.1 Å². The van der Waals surface area contributed by atoms with Crippen LogP contribution in [-0.2, 0) is 0 Å². The van der Waals surface area contributed by atoms with Gasteiger partial charge in [-0.2, -0.15) is 0 Å². The monoisotopic (exact) mass is 302 g/mol. The summed E-state index contributed by atoms with van der Waals surface area (Å²) in [6, 6.07) is 23.3. The van der Waals surface area contributed by atoms with Gasteiger partial charge in [-0.3, -0.25) is 0 Å². The first-order valence-corrected chi connectivity index (χ1v) is 7.79. The van der Waals surface area contributed by atoms with E-state index < -0.39 is 0 Å². The van der Waals surface area contributed by atoms with Crippen molar-refractivity contribution >= 4 is 17.1 Å². The zero-order valence-corrected chi connectivity index (χ0v) is 13.2. The predicted octanol–water partition coefficient (Wildman–Crippen LogP) is 3.35. The number of quaternary nitrogens is 1. The molecule has 4 rings (SSSR count). The lowest BCUT2D eigenvalue weighted by Gasteiger charge is -2.38. The number of fused-ring (bicyclic) bond motifs is 3. The third-order valence-corrected chi connectivity index (χ3v) is 4.61. The quantitative estimate of drug-likeness (QED) is 0.677. The van der Waals surface area contributed by atoms with Gasteiger partial charge < -0.3 is 16.4 Å². The highest BCUT2D eigenvalue weighted by atomic mass is 15.1. The van der Waals surface area contributed by atoms with E-state index in [9.17, 15) is 0 Å². The Kier molecular flexibility index (Phi) is 3.10. The van der Waals surface area contributed by atoms with E-state index in [1.54, 1.807) is 0 Å². The summed E-state index contributed by atoms with van der Waals surface area (Å²) >= 11 is 0. The van der Waals surface area contributed by atoms with Gasteiger partial charge in [-0.15, -0.1) is 0 Å². The molecule has 5 N–H and O–H groups in total. The summed E-state index contributed by atoms with van der Waals surface area (Å²) in [5.41, 5.74) is 18.2. The average molecular weight is 302 g/mol. The van der Waals surface area contributed by atoms with Crippen molar-refractivity contribution in [2.24, 2.45) is 0 Å². The van der Waals surface area contributed by atoms with Crippen molar-refractivity contribution in [3.05, 3.63) is 77.9 Å². The van der Waals surface area contributed by atoms with Crippen LogP contribution < -0.4 is 16.4 Å². The van der Waals surface area contributed by atoms with Gasteiger partial charge in [0.25, 0.3) is 0 Å². The van der Waals surface area contributed by atoms with Gasteiger partial charge in [-0.25, -0.2) is 0 Å². The Balaban J connectivity index is 2.01. The largest absolute Gasteiger partial charge is 0.399 e. The molecule has 0 fully saturated rings. The second-order valence-electron chi connectivity index (χ2n) is 6.12. The van der Waals surface area contributed by atoms with Crippen molar-refractivity contribution < 1.29 is 5.73 Å². The van der Waals surface area contributed by atoms with E-state index in [1.807, 2.05) is 6.07 Å². The summed E-state index contributed by atoms with van der Waals surface area (Å²) in [7, 11) is 2.14. The standard InChI is InChI=1S/C20H19N3/c1-23-19-12-15(22)8-10-17(19)16-9-7-14(21)11-18(16)20(23)13-5-3-2-4-6-13/h2-12,20H,21-22H2,1H3/p+1. The van der Waals surface area contributed by atoms with Crippen LogP contribution in [0.1, 0.15) is 17.2 Å². The lowest BCUT2D eigenvalue weighted by Crippen LogP contribution is -2.40. The first kappa shape index (κ1) is 13.9. The van der Waals surface area contributed by atoms with E-state index >= 15 is 0 Å². The lowest BCUT2D eigenvalue weighted by atomic mass is 9.85. The summed E-state index contributed by atoms with van der Waals surface area (Å²) in [6.07, 6.45) is 0. The molecule has 0 aliphatic carbocycles. The molecule has 3 heteroatoms. The van der Waals surface area contributed by atoms with Crippen LogP contribution in [-0.4, -0.2) is 7.05 Å². The molecule has 1 atom stereocenters. The van der Waals surface area contributed by atoms with Crippen LogP contribution in [0.15, 0.2) is 66.7 Å². The molecule has 23 heavy (non-hydrogen) atoms. The fraction of sp³-hybridized carbons (Fsp3) is 0.100. The van der Waals surface area contributed by atoms with Gasteiger partial charge in [0.1, 0.15) is 5.69 Å². The molecule has 3 nitrogen and oxygen atoms in total. The van der Waals surface area contributed by atoms with Gasteiger partial charge in [0.2, 0.25) is 0 Å². The van der Waals surface area contributed by atoms with Crippen molar-refractivity contribution in [2.75, 3.05) is 17.7 Å². The Morgan fingerprint density at radius 1 is 0.913 bits per heavy atom. The third-order valence-electron chi connectivity index (χ3n) is 4.61. The Bertz CT molecular complexity index is 871. The maximum Gasteiger partial charge on any atom is 0.130 e. The summed E-state index contributed by atoms with van der Waals surface area (Å²) in [6.45, 7) is 0. The predicted molar refractivity (Wildman–Crippen MR) is 95.5 cm³/mol. The van der Waals surface area contributed by atoms with Gasteiger partial charge in [0.05, 0.1) is 11.7 Å². The number of rotatable bonds is 1. The molecule has 0 saturated heterocycles. The highest BCUT2D eigenvalue weighted by Gasteiger charge is 2.30. The number of hydrogen-bond donors (Lipinski definition) is 2. The minimum Gasteiger partial charge on any atom is -0.399 e. The number of nitrogens with zero attached hydrogens (tertiary/aromatic N) is 1. The Hall–Kier alpha value is -2.78. The van der Waals surface area contributed by atoms with Gasteiger partial charge in [-0.1, -0.05) is 36.4 Å². The summed E-state index contributed by atoms with van der Waals surface area (Å²) in [4.78, 5) is 2.32. The van der Waals surface area contributed by atoms with Crippen molar-refractivity contribution in [3.8, 4) is 11.1 Å². The van der Waals surface area contributed by atoms with Gasteiger partial charge in [0, 0.05) is 24.4 Å². The Morgan fingerprint density at radius 3 is 2.43 bits per heavy atom. The van der Waals surface area contributed by atoms with E-state index in [0.29, 0.717) is 0 Å². The topological polar surface area (TPSA) is 56.9 Å². The summed E-state index contributed by atoms with van der Waals surface area (Å²) < 4.78 is 0. The van der Waals surface area contributed by atoms with Crippen LogP contribution in [0.5, 0.6) is 0 Å². The molecule has 1 aliphatic heterocycles. The van der Waals surface area contributed by atoms with Crippen molar-refractivity contribution in [1.29, 1.82) is 0 Å². The number of nitrogen functional groups attached to an aromatic ring is 1. The van der Waals surface area contributed by atoms with Crippen molar-refractivity contribution in [1.82, 2.24) is 0 Å². The average Bonchev–Trinajstić information content (AvgIpc) is 2.56. The third kappa shape index (κ3) is 2.17. The zero-order valence-electron chi connectivity index (χ0n) is 13.2. The Labute approximate surface area is 136 Å². The maximum atomic E-state index is 6.08. The van der Waals surface area contributed by atoms with Crippen LogP contribution in [0, 0.1) is 0 Å². The molecule has 0 aromatic heterocycles. The minimum absolute atomic E-state index is 0.156. The highest BCUT2D eigenvalue weighted by Crippen LogP contribution is 2.47. The molecular weight excluding hydrogens is 282 g/mol. The number of anilines is 2. The molecule has 3 aromatic rings. The normalized spacial score (nSPS) is 15.9. The molecular formula is C20H20N3+. The van der Waals surface area contributed by atoms with Crippen LogP contribution in [0.2, 0.25) is 0 Å². The fourth-order valence-corrected chi connectivity index (χ4v) is 3.54. The number of nitrogens with two attached hydrogens (primary N) is 1. The van der Waals surface area contributed by atoms with Gasteiger partial charge in [-0.05, 0) is 41.0 Å². The van der Waals surface area contributed by atoms with Crippen LogP contribution >= 0.6 is 0 Å². The lowest BCUT2D eigenvalue weighted by molar-refractivity contribution is -0.254. The van der Waals surface area contributed by atoms with E-state index in [4.69, 9.17) is 5.73 Å². The molecule has 1 aliphatic rings. The van der Waals surface area contributed by atoms with Gasteiger partial charge >= 0.3 is 0 Å². The molecule has 114 valence electrons. The van der Waals surface area contributed by atoms with Gasteiger partial charge in [0.15, 0.2) is 0 Å². The second-order valence-corrected chi connectivity index (χ2v) is 6.12. The van der Waals surface area contributed by atoms with E-state index in [-0.39, 0.29) is 6.04 Å². The number of hydrogen-bond acceptors (Lipinski definition) is 2. The molecule has 3 aromatic carbocycles. The first-order chi connectivity index (χ1) is 11.1. The van der Waals surface area contributed by atoms with Crippen LogP contribution in [0.4, 0.5) is 17.1 Å². The molecule has 0 saturated carbocycles. The SMILES string of the molecule is CN1c2cc([NH3+])ccc2-c2ccc(N)cc2C1c1ccccc1. The smallest absolute Gasteiger partial charge is 0.130 e. The summed E-state index contributed by atoms with van der Waals surface area (Å²) in [5.74, 6) is 0. The summed E-state index contributed by atoms with van der Waals surface area (Å²) in [5, 5.41) is 0. The van der Waals surface area contributed by atoms with E-state index in [0.717, 1.165) is 11.4 Å². The minimum atomic E-state index is 0.156. The maximum absolute atomic E-state index is 6.08. The Morgan fingerprint density at radius 2 is 1.65 bits per heavy atom. The highest BCUT2D eigenvalue weighted by molar-refractivity contribution is 5.87. The first-order valence-electron chi connectivity index (χ1n) is 7.79. The molecule has 0 spiro atoms. The van der Waals surface area contributed by atoms with E-state index in [2.05, 4.69) is 78.3 Å². The van der Waals surface area contributed by atoms with Crippen molar-refractivity contribution in [2.45, 2.75) is 6.04 Å². The van der Waals surface area contributed by atoms with E-state index in [1.165, 1.54) is 27.9 Å². The van der Waals surface area contributed by atoms with Crippen LogP contribution in [0.3, 0.4) is 0 Å². The molecule has 0 amide bonds. The molecule has 1 heterocycles. The fourth-order valence-electron chi connectivity index (χ4n) is 3.54. The number of benzene rings is 3. The molecule has 0 bridgehead atoms. The zero-order chi connectivity index (χ0) is 16.0. The van der Waals surface area contributed by atoms with Crippen molar-refractivity contribution in [3.63, 3.8) is 0 Å². The molecule has 0 radical (unpaired) electrons. The second kappa shape index (κ2) is 5.14. The molecule has 1 unspecified atom stereocenters.